The Morgan fingerprint density at radius 2 is 2.26 bits per heavy atom. The summed E-state index contributed by atoms with van der Waals surface area (Å²) in [5.41, 5.74) is 1.70. The number of carbonyl (C=O) groups excluding carboxylic acids is 1. The van der Waals surface area contributed by atoms with E-state index in [1.165, 1.54) is 0 Å². The van der Waals surface area contributed by atoms with Gasteiger partial charge >= 0.3 is 5.97 Å². The van der Waals surface area contributed by atoms with Crippen molar-refractivity contribution in [1.82, 2.24) is 9.55 Å². The summed E-state index contributed by atoms with van der Waals surface area (Å²) in [6.45, 7) is 2.66. The van der Waals surface area contributed by atoms with E-state index in [1.807, 2.05) is 16.7 Å². The summed E-state index contributed by atoms with van der Waals surface area (Å²) < 4.78 is 6.83. The number of halogens is 2. The molecule has 0 fully saturated rings. The third-order valence-electron chi connectivity index (χ3n) is 2.75. The molecule has 0 bridgehead atoms. The highest BCUT2D eigenvalue weighted by atomic mass is 35.5. The van der Waals surface area contributed by atoms with E-state index in [0.717, 1.165) is 16.9 Å². The molecule has 2 aromatic rings. The van der Waals surface area contributed by atoms with Crippen LogP contribution in [0.4, 0.5) is 0 Å². The van der Waals surface area contributed by atoms with Gasteiger partial charge in [0.05, 0.1) is 29.9 Å². The van der Waals surface area contributed by atoms with Crippen LogP contribution in [0.2, 0.25) is 5.02 Å². The molecule has 1 aromatic carbocycles. The van der Waals surface area contributed by atoms with E-state index in [0.29, 0.717) is 18.2 Å². The predicted octanol–water partition coefficient (Wildman–Crippen LogP) is 3.38. The Bertz CT molecular complexity index is 596. The zero-order chi connectivity index (χ0) is 13.8. The first-order chi connectivity index (χ1) is 9.15. The highest BCUT2D eigenvalue weighted by Crippen LogP contribution is 2.22. The largest absolute Gasteiger partial charge is 0.466 e. The van der Waals surface area contributed by atoms with Crippen LogP contribution in [0.1, 0.15) is 19.2 Å². The fourth-order valence-electron chi connectivity index (χ4n) is 1.93. The Morgan fingerprint density at radius 1 is 1.47 bits per heavy atom. The van der Waals surface area contributed by atoms with Crippen molar-refractivity contribution in [2.75, 3.05) is 6.61 Å². The summed E-state index contributed by atoms with van der Waals surface area (Å²) in [7, 11) is 0. The van der Waals surface area contributed by atoms with Gasteiger partial charge in [0.25, 0.3) is 0 Å². The molecule has 19 heavy (non-hydrogen) atoms. The van der Waals surface area contributed by atoms with Gasteiger partial charge in [-0.3, -0.25) is 4.79 Å². The second kappa shape index (κ2) is 6.26. The average Bonchev–Trinajstić information content (AvgIpc) is 2.74. The van der Waals surface area contributed by atoms with Crippen LogP contribution < -0.4 is 0 Å². The van der Waals surface area contributed by atoms with Gasteiger partial charge in [0.15, 0.2) is 0 Å². The Morgan fingerprint density at radius 3 is 2.95 bits per heavy atom. The first kappa shape index (κ1) is 14.2. The molecule has 0 radical (unpaired) electrons. The fourth-order valence-corrected chi connectivity index (χ4v) is 2.30. The number of hydrogen-bond acceptors (Lipinski definition) is 3. The summed E-state index contributed by atoms with van der Waals surface area (Å²) in [4.78, 5) is 15.8. The Balaban J connectivity index is 2.29. The molecule has 0 saturated heterocycles. The minimum Gasteiger partial charge on any atom is -0.466 e. The zero-order valence-electron chi connectivity index (χ0n) is 10.5. The van der Waals surface area contributed by atoms with Gasteiger partial charge in [0, 0.05) is 11.6 Å². The third kappa shape index (κ3) is 3.19. The van der Waals surface area contributed by atoms with Crippen molar-refractivity contribution in [3.8, 4) is 0 Å². The van der Waals surface area contributed by atoms with E-state index in [2.05, 4.69) is 4.98 Å². The van der Waals surface area contributed by atoms with Gasteiger partial charge in [-0.1, -0.05) is 11.6 Å². The molecule has 1 heterocycles. The molecular formula is C13H14Cl2N2O2. The first-order valence-corrected chi connectivity index (χ1v) is 6.93. The Kier molecular flexibility index (Phi) is 4.66. The predicted molar refractivity (Wildman–Crippen MR) is 75.6 cm³/mol. The number of ether oxygens (including phenoxy) is 1. The number of hydrogen-bond donors (Lipinski definition) is 0. The van der Waals surface area contributed by atoms with Crippen molar-refractivity contribution in [2.24, 2.45) is 0 Å². The molecule has 0 atom stereocenters. The molecule has 0 aliphatic carbocycles. The smallest absolute Gasteiger partial charge is 0.307 e. The highest BCUT2D eigenvalue weighted by Gasteiger charge is 2.12. The molecule has 0 N–H and O–H groups in total. The van der Waals surface area contributed by atoms with Crippen molar-refractivity contribution in [2.45, 2.75) is 25.8 Å². The molecule has 6 heteroatoms. The van der Waals surface area contributed by atoms with Crippen LogP contribution in [-0.4, -0.2) is 22.1 Å². The highest BCUT2D eigenvalue weighted by molar-refractivity contribution is 6.31. The molecule has 0 unspecified atom stereocenters. The van der Waals surface area contributed by atoms with Gasteiger partial charge in [0.2, 0.25) is 0 Å². The maximum absolute atomic E-state index is 11.4. The molecule has 4 nitrogen and oxygen atoms in total. The van der Waals surface area contributed by atoms with Crippen molar-refractivity contribution < 1.29 is 9.53 Å². The molecule has 1 aromatic heterocycles. The number of esters is 1. The molecule has 0 aliphatic heterocycles. The number of nitrogens with zero attached hydrogens (tertiary/aromatic N) is 2. The van der Waals surface area contributed by atoms with Crippen LogP contribution in [-0.2, 0) is 22.0 Å². The van der Waals surface area contributed by atoms with Gasteiger partial charge in [-0.15, -0.1) is 11.6 Å². The van der Waals surface area contributed by atoms with Gasteiger partial charge in [-0.25, -0.2) is 4.98 Å². The second-order valence-electron chi connectivity index (χ2n) is 4.00. The van der Waals surface area contributed by atoms with E-state index in [-0.39, 0.29) is 18.3 Å². The summed E-state index contributed by atoms with van der Waals surface area (Å²) in [6, 6.07) is 5.45. The van der Waals surface area contributed by atoms with Gasteiger partial charge < -0.3 is 9.30 Å². The van der Waals surface area contributed by atoms with E-state index in [4.69, 9.17) is 27.9 Å². The third-order valence-corrected chi connectivity index (χ3v) is 3.23. The molecule has 0 aliphatic rings. The lowest BCUT2D eigenvalue weighted by Gasteiger charge is -2.07. The fraction of sp³-hybridized carbons (Fsp3) is 0.385. The molecule has 102 valence electrons. The number of imidazole rings is 1. The van der Waals surface area contributed by atoms with Crippen molar-refractivity contribution in [1.29, 1.82) is 0 Å². The van der Waals surface area contributed by atoms with Gasteiger partial charge in [-0.05, 0) is 25.1 Å². The number of aromatic nitrogens is 2. The molecule has 0 spiro atoms. The quantitative estimate of drug-likeness (QED) is 0.628. The standard InChI is InChI=1S/C13H14Cl2N2O2/c1-2-19-13(18)5-6-17-11-7-9(15)3-4-10(11)16-12(17)8-14/h3-4,7H,2,5-6,8H2,1H3. The van der Waals surface area contributed by atoms with Crippen LogP contribution in [0.5, 0.6) is 0 Å². The number of carbonyl (C=O) groups is 1. The number of alkyl halides is 1. The topological polar surface area (TPSA) is 44.1 Å². The number of benzene rings is 1. The van der Waals surface area contributed by atoms with Gasteiger partial charge in [0.1, 0.15) is 5.82 Å². The number of fused-ring (bicyclic) bond motifs is 1. The maximum Gasteiger partial charge on any atom is 0.307 e. The Labute approximate surface area is 121 Å². The van der Waals surface area contributed by atoms with Crippen molar-refractivity contribution in [3.05, 3.63) is 29.0 Å². The van der Waals surface area contributed by atoms with E-state index >= 15 is 0 Å². The lowest BCUT2D eigenvalue weighted by atomic mass is 10.3. The average molecular weight is 301 g/mol. The van der Waals surface area contributed by atoms with Crippen molar-refractivity contribution in [3.63, 3.8) is 0 Å². The number of rotatable bonds is 5. The van der Waals surface area contributed by atoms with Crippen LogP contribution in [0.3, 0.4) is 0 Å². The summed E-state index contributed by atoms with van der Waals surface area (Å²) in [5.74, 6) is 0.782. The van der Waals surface area contributed by atoms with E-state index < -0.39 is 0 Å². The van der Waals surface area contributed by atoms with E-state index in [9.17, 15) is 4.79 Å². The molecular weight excluding hydrogens is 287 g/mol. The number of aryl methyl sites for hydroxylation is 1. The zero-order valence-corrected chi connectivity index (χ0v) is 12.0. The van der Waals surface area contributed by atoms with Crippen LogP contribution >= 0.6 is 23.2 Å². The SMILES string of the molecule is CCOC(=O)CCn1c(CCl)nc2ccc(Cl)cc21. The molecule has 0 amide bonds. The summed E-state index contributed by atoms with van der Waals surface area (Å²) in [5, 5.41) is 0.630. The monoisotopic (exact) mass is 300 g/mol. The van der Waals surface area contributed by atoms with Crippen LogP contribution in [0.25, 0.3) is 11.0 Å². The summed E-state index contributed by atoms with van der Waals surface area (Å²) >= 11 is 11.9. The van der Waals surface area contributed by atoms with Crippen LogP contribution in [0.15, 0.2) is 18.2 Å². The molecule has 0 saturated carbocycles. The maximum atomic E-state index is 11.4. The molecule has 2 rings (SSSR count). The lowest BCUT2D eigenvalue weighted by molar-refractivity contribution is -0.143. The minimum absolute atomic E-state index is 0.230. The normalized spacial score (nSPS) is 10.9. The lowest BCUT2D eigenvalue weighted by Crippen LogP contribution is -2.10. The van der Waals surface area contributed by atoms with Gasteiger partial charge in [-0.2, -0.15) is 0 Å². The van der Waals surface area contributed by atoms with Crippen LogP contribution in [0, 0.1) is 0 Å². The minimum atomic E-state index is -0.230. The second-order valence-corrected chi connectivity index (χ2v) is 4.71. The first-order valence-electron chi connectivity index (χ1n) is 6.02. The van der Waals surface area contributed by atoms with Crippen molar-refractivity contribution >= 4 is 40.2 Å². The Hall–Kier alpha value is -1.26. The van der Waals surface area contributed by atoms with E-state index in [1.54, 1.807) is 13.0 Å². The summed E-state index contributed by atoms with van der Waals surface area (Å²) in [6.07, 6.45) is 0.287.